The fourth-order valence-corrected chi connectivity index (χ4v) is 4.09. The highest BCUT2D eigenvalue weighted by molar-refractivity contribution is 8.16. The lowest BCUT2D eigenvalue weighted by Crippen LogP contribution is -2.21. The van der Waals surface area contributed by atoms with Crippen molar-refractivity contribution < 1.29 is 18.8 Å². The molecule has 2 amide bonds. The van der Waals surface area contributed by atoms with Crippen LogP contribution in [0, 0.1) is 0 Å². The Bertz CT molecular complexity index is 1260. The number of carbonyl (C=O) groups excluding carboxylic acids is 3. The van der Waals surface area contributed by atoms with Crippen LogP contribution < -0.4 is 10.9 Å². The maximum absolute atomic E-state index is 12.3. The van der Waals surface area contributed by atoms with E-state index in [2.05, 4.69) is 10.3 Å². The molecule has 0 saturated carbocycles. The zero-order valence-corrected chi connectivity index (χ0v) is 16.7. The smallest absolute Gasteiger partial charge is 0.346 e. The van der Waals surface area contributed by atoms with E-state index in [1.165, 1.54) is 6.92 Å². The Balaban J connectivity index is 1.45. The van der Waals surface area contributed by atoms with Crippen molar-refractivity contribution in [1.29, 1.82) is 0 Å². The number of aliphatic imine (C=N–C) groups is 1. The molecule has 0 saturated heterocycles. The molecule has 2 aromatic carbocycles. The van der Waals surface area contributed by atoms with Gasteiger partial charge in [0.2, 0.25) is 5.91 Å². The molecule has 0 spiro atoms. The fourth-order valence-electron chi connectivity index (χ4n) is 3.02. The molecule has 0 fully saturated rings. The summed E-state index contributed by atoms with van der Waals surface area (Å²) in [6.45, 7) is 1.46. The predicted octanol–water partition coefficient (Wildman–Crippen LogP) is 3.41. The first kappa shape index (κ1) is 19.8. The van der Waals surface area contributed by atoms with Crippen LogP contribution in [-0.2, 0) is 9.59 Å². The van der Waals surface area contributed by atoms with Crippen LogP contribution in [0.25, 0.3) is 11.0 Å². The summed E-state index contributed by atoms with van der Waals surface area (Å²) < 4.78 is 5.30. The number of nitrogens with zero attached hydrogens (tertiary/aromatic N) is 1. The maximum Gasteiger partial charge on any atom is 0.346 e. The quantitative estimate of drug-likeness (QED) is 0.501. The summed E-state index contributed by atoms with van der Waals surface area (Å²) in [7, 11) is 0. The molecule has 2 heterocycles. The first-order valence-electron chi connectivity index (χ1n) is 9.14. The summed E-state index contributed by atoms with van der Waals surface area (Å²) in [5, 5.41) is 2.95. The Morgan fingerprint density at radius 2 is 1.83 bits per heavy atom. The lowest BCUT2D eigenvalue weighted by Gasteiger charge is -2.09. The average molecular weight is 420 g/mol. The summed E-state index contributed by atoms with van der Waals surface area (Å²) in [6.07, 6.45) is -0.0934. The number of nitrogens with one attached hydrogen (secondary N) is 1. The Morgan fingerprint density at radius 1 is 1.10 bits per heavy atom. The van der Waals surface area contributed by atoms with Gasteiger partial charge in [-0.1, -0.05) is 30.0 Å². The number of thioether (sulfide) groups is 1. The van der Waals surface area contributed by atoms with Crippen molar-refractivity contribution in [3.05, 3.63) is 76.1 Å². The van der Waals surface area contributed by atoms with Crippen molar-refractivity contribution in [3.8, 4) is 0 Å². The largest absolute Gasteiger partial charge is 0.422 e. The van der Waals surface area contributed by atoms with Gasteiger partial charge >= 0.3 is 5.63 Å². The second kappa shape index (κ2) is 8.08. The molecule has 30 heavy (non-hydrogen) atoms. The number of fused-ring (bicyclic) bond motifs is 1. The van der Waals surface area contributed by atoms with E-state index in [4.69, 9.17) is 4.42 Å². The summed E-state index contributed by atoms with van der Waals surface area (Å²) in [4.78, 5) is 52.2. The Hall–Kier alpha value is -3.52. The number of amides is 2. The molecule has 8 heteroatoms. The number of hydrogen-bond donors (Lipinski definition) is 1. The minimum atomic E-state index is -0.720. The summed E-state index contributed by atoms with van der Waals surface area (Å²) >= 11 is 1.07. The third kappa shape index (κ3) is 4.08. The van der Waals surface area contributed by atoms with E-state index in [-0.39, 0.29) is 28.7 Å². The van der Waals surface area contributed by atoms with Crippen molar-refractivity contribution in [2.45, 2.75) is 18.6 Å². The van der Waals surface area contributed by atoms with Crippen molar-refractivity contribution in [1.82, 2.24) is 0 Å². The second-order valence-electron chi connectivity index (χ2n) is 6.73. The van der Waals surface area contributed by atoms with Gasteiger partial charge in [-0.15, -0.1) is 0 Å². The van der Waals surface area contributed by atoms with Gasteiger partial charge < -0.3 is 9.73 Å². The van der Waals surface area contributed by atoms with Crippen LogP contribution >= 0.6 is 11.8 Å². The van der Waals surface area contributed by atoms with Gasteiger partial charge in [-0.3, -0.25) is 14.4 Å². The third-order valence-electron chi connectivity index (χ3n) is 4.56. The number of ketones is 1. The minimum Gasteiger partial charge on any atom is -0.422 e. The molecule has 7 nitrogen and oxygen atoms in total. The number of anilines is 1. The summed E-state index contributed by atoms with van der Waals surface area (Å²) in [5.41, 5.74) is 1.14. The van der Waals surface area contributed by atoms with Gasteiger partial charge in [-0.25, -0.2) is 9.79 Å². The highest BCUT2D eigenvalue weighted by atomic mass is 32.2. The van der Waals surface area contributed by atoms with E-state index in [0.29, 0.717) is 16.8 Å². The van der Waals surface area contributed by atoms with Crippen LogP contribution in [0.3, 0.4) is 0 Å². The highest BCUT2D eigenvalue weighted by Crippen LogP contribution is 2.29. The number of Topliss-reactive ketones (excluding diaryl/α,β-unsaturated/α-hetero) is 1. The van der Waals surface area contributed by atoms with Gasteiger partial charge in [0, 0.05) is 23.1 Å². The lowest BCUT2D eigenvalue weighted by molar-refractivity contribution is -0.121. The van der Waals surface area contributed by atoms with E-state index in [9.17, 15) is 19.2 Å². The van der Waals surface area contributed by atoms with Gasteiger partial charge in [0.15, 0.2) is 5.78 Å². The van der Waals surface area contributed by atoms with E-state index in [1.807, 2.05) is 6.07 Å². The van der Waals surface area contributed by atoms with E-state index < -0.39 is 16.8 Å². The zero-order valence-electron chi connectivity index (χ0n) is 15.9. The molecule has 3 aromatic rings. The number of rotatable bonds is 5. The zero-order chi connectivity index (χ0) is 21.3. The molecule has 4 rings (SSSR count). The molecule has 150 valence electrons. The molecular weight excluding hydrogens is 404 g/mol. The third-order valence-corrected chi connectivity index (χ3v) is 5.75. The van der Waals surface area contributed by atoms with Crippen molar-refractivity contribution in [3.63, 3.8) is 0 Å². The standard InChI is InChI=1S/C22H16N2O5S/c1-12(25)13-6-8-15(9-7-13)23-19(26)11-18-20(27)24-21(30-18)16-10-14-4-2-3-5-17(14)29-22(16)28/h2-10,18H,11H2,1H3,(H,23,26)/t18-/m0/s1. The van der Waals surface area contributed by atoms with Crippen molar-refractivity contribution in [2.24, 2.45) is 4.99 Å². The molecule has 0 unspecified atom stereocenters. The number of benzene rings is 2. The molecular formula is C22H16N2O5S. The van der Waals surface area contributed by atoms with Crippen molar-refractivity contribution in [2.75, 3.05) is 5.32 Å². The SMILES string of the molecule is CC(=O)c1ccc(NC(=O)C[C@@H]2SC(c3cc4ccccc4oc3=O)=NC2=O)cc1. The van der Waals surface area contributed by atoms with Gasteiger partial charge in [0.25, 0.3) is 5.91 Å². The van der Waals surface area contributed by atoms with E-state index in [1.54, 1.807) is 48.5 Å². The normalized spacial score (nSPS) is 15.8. The van der Waals surface area contributed by atoms with Crippen LogP contribution in [0.1, 0.15) is 29.3 Å². The number of para-hydroxylation sites is 1. The molecule has 1 atom stereocenters. The first-order valence-corrected chi connectivity index (χ1v) is 10.0. The Morgan fingerprint density at radius 3 is 2.57 bits per heavy atom. The average Bonchev–Trinajstić information content (AvgIpc) is 3.07. The van der Waals surface area contributed by atoms with Crippen LogP contribution in [0.4, 0.5) is 5.69 Å². The van der Waals surface area contributed by atoms with E-state index >= 15 is 0 Å². The van der Waals surface area contributed by atoms with Gasteiger partial charge in [-0.05, 0) is 43.3 Å². The molecule has 0 radical (unpaired) electrons. The van der Waals surface area contributed by atoms with E-state index in [0.717, 1.165) is 17.1 Å². The lowest BCUT2D eigenvalue weighted by atomic mass is 10.1. The summed E-state index contributed by atoms with van der Waals surface area (Å²) in [6, 6.07) is 15.2. The molecule has 0 aliphatic carbocycles. The fraction of sp³-hybridized carbons (Fsp3) is 0.136. The molecule has 1 aliphatic heterocycles. The van der Waals surface area contributed by atoms with Gasteiger partial charge in [-0.2, -0.15) is 0 Å². The van der Waals surface area contributed by atoms with Crippen LogP contribution in [-0.4, -0.2) is 27.9 Å². The van der Waals surface area contributed by atoms with Crippen LogP contribution in [0.15, 0.2) is 68.8 Å². The topological polar surface area (TPSA) is 106 Å². The number of hydrogen-bond acceptors (Lipinski definition) is 6. The molecule has 1 aliphatic rings. The monoisotopic (exact) mass is 420 g/mol. The highest BCUT2D eigenvalue weighted by Gasteiger charge is 2.32. The molecule has 1 aromatic heterocycles. The Labute approximate surface area is 175 Å². The van der Waals surface area contributed by atoms with Crippen LogP contribution in [0.5, 0.6) is 0 Å². The first-order chi connectivity index (χ1) is 14.4. The van der Waals surface area contributed by atoms with Crippen molar-refractivity contribution >= 4 is 51.1 Å². The Kier molecular flexibility index (Phi) is 5.33. The molecule has 1 N–H and O–H groups in total. The molecule has 0 bridgehead atoms. The van der Waals surface area contributed by atoms with Gasteiger partial charge in [0.1, 0.15) is 15.9 Å². The van der Waals surface area contributed by atoms with Crippen LogP contribution in [0.2, 0.25) is 0 Å². The predicted molar refractivity (Wildman–Crippen MR) is 115 cm³/mol. The maximum atomic E-state index is 12.3. The number of carbonyl (C=O) groups is 3. The minimum absolute atomic E-state index is 0.0660. The van der Waals surface area contributed by atoms with Gasteiger partial charge in [0.05, 0.1) is 5.56 Å². The second-order valence-corrected chi connectivity index (χ2v) is 7.92. The summed E-state index contributed by atoms with van der Waals surface area (Å²) in [5.74, 6) is -0.897.